The number of aromatic nitrogens is 2. The molecule has 0 unspecified atom stereocenters. The van der Waals surface area contributed by atoms with Crippen LogP contribution in [0.1, 0.15) is 16.1 Å². The van der Waals surface area contributed by atoms with Crippen LogP contribution in [-0.4, -0.2) is 56.6 Å². The van der Waals surface area contributed by atoms with Gasteiger partial charge in [0.25, 0.3) is 5.91 Å². The summed E-state index contributed by atoms with van der Waals surface area (Å²) in [5.41, 5.74) is 0.498. The first-order chi connectivity index (χ1) is 12.4. The van der Waals surface area contributed by atoms with Crippen LogP contribution >= 0.6 is 11.6 Å². The van der Waals surface area contributed by atoms with Crippen molar-refractivity contribution in [1.29, 1.82) is 0 Å². The molecule has 0 spiro atoms. The lowest BCUT2D eigenvalue weighted by Crippen LogP contribution is -2.48. The molecule has 1 fully saturated rings. The van der Waals surface area contributed by atoms with E-state index in [1.807, 2.05) is 0 Å². The van der Waals surface area contributed by atoms with Crippen LogP contribution in [-0.2, 0) is 13.6 Å². The number of carbonyl (C=O) groups excluding carboxylic acids is 1. The fourth-order valence-corrected chi connectivity index (χ4v) is 3.18. The number of halogens is 2. The van der Waals surface area contributed by atoms with Crippen molar-refractivity contribution in [3.63, 3.8) is 0 Å². The third-order valence-corrected chi connectivity index (χ3v) is 4.74. The summed E-state index contributed by atoms with van der Waals surface area (Å²) in [5, 5.41) is 15.3. The molecule has 0 bridgehead atoms. The molecular formula is C16H17ClFN5O3. The quantitative estimate of drug-likeness (QED) is 0.598. The molecule has 1 saturated heterocycles. The van der Waals surface area contributed by atoms with E-state index in [2.05, 4.69) is 10.00 Å². The van der Waals surface area contributed by atoms with Gasteiger partial charge >= 0.3 is 5.69 Å². The number of hydrogen-bond acceptors (Lipinski definition) is 5. The molecule has 138 valence electrons. The highest BCUT2D eigenvalue weighted by Gasteiger charge is 2.31. The van der Waals surface area contributed by atoms with Gasteiger partial charge in [-0.05, 0) is 17.7 Å². The topological polar surface area (TPSA) is 84.5 Å². The summed E-state index contributed by atoms with van der Waals surface area (Å²) >= 11 is 6.06. The zero-order valence-electron chi connectivity index (χ0n) is 14.1. The predicted octanol–water partition coefficient (Wildman–Crippen LogP) is 2.08. The molecule has 1 aromatic carbocycles. The monoisotopic (exact) mass is 381 g/mol. The van der Waals surface area contributed by atoms with Crippen molar-refractivity contribution in [2.75, 3.05) is 26.2 Å². The molecule has 3 rings (SSSR count). The Morgan fingerprint density at radius 1 is 1.35 bits per heavy atom. The van der Waals surface area contributed by atoms with Gasteiger partial charge in [-0.15, -0.1) is 0 Å². The molecule has 0 saturated carbocycles. The van der Waals surface area contributed by atoms with E-state index in [0.717, 1.165) is 11.8 Å². The van der Waals surface area contributed by atoms with Gasteiger partial charge in [-0.2, -0.15) is 5.10 Å². The average Bonchev–Trinajstić information content (AvgIpc) is 2.99. The first-order valence-corrected chi connectivity index (χ1v) is 8.36. The molecule has 1 amide bonds. The Morgan fingerprint density at radius 2 is 2.04 bits per heavy atom. The standard InChI is InChI=1S/C16H17ClFN5O3/c1-20-15(14(9-19-20)23(25)26)16(24)22-6-4-21(5-7-22)10-11-2-3-12(18)8-13(11)17/h2-3,8-9H,4-7,10H2,1H3. The van der Waals surface area contributed by atoms with Gasteiger partial charge in [0.2, 0.25) is 5.69 Å². The van der Waals surface area contributed by atoms with Crippen molar-refractivity contribution >= 4 is 23.2 Å². The molecule has 2 aromatic rings. The molecule has 10 heteroatoms. The minimum absolute atomic E-state index is 0.0231. The number of nitrogens with zero attached hydrogens (tertiary/aromatic N) is 5. The van der Waals surface area contributed by atoms with Gasteiger partial charge in [-0.1, -0.05) is 17.7 Å². The van der Waals surface area contributed by atoms with E-state index in [1.165, 1.54) is 23.9 Å². The van der Waals surface area contributed by atoms with Gasteiger partial charge in [0.15, 0.2) is 0 Å². The molecular weight excluding hydrogens is 365 g/mol. The minimum Gasteiger partial charge on any atom is -0.335 e. The molecule has 1 aromatic heterocycles. The van der Waals surface area contributed by atoms with Crippen molar-refractivity contribution in [2.24, 2.45) is 7.05 Å². The lowest BCUT2D eigenvalue weighted by Gasteiger charge is -2.34. The number of nitro groups is 1. The van der Waals surface area contributed by atoms with Crippen LogP contribution in [0.4, 0.5) is 10.1 Å². The molecule has 0 radical (unpaired) electrons. The molecule has 8 nitrogen and oxygen atoms in total. The van der Waals surface area contributed by atoms with Crippen molar-refractivity contribution in [1.82, 2.24) is 19.6 Å². The van der Waals surface area contributed by atoms with Gasteiger partial charge in [-0.3, -0.25) is 24.5 Å². The number of carbonyl (C=O) groups is 1. The van der Waals surface area contributed by atoms with Gasteiger partial charge in [0.05, 0.1) is 4.92 Å². The number of amides is 1. The largest absolute Gasteiger partial charge is 0.335 e. The Hall–Kier alpha value is -2.52. The Balaban J connectivity index is 1.64. The van der Waals surface area contributed by atoms with E-state index in [1.54, 1.807) is 11.0 Å². The van der Waals surface area contributed by atoms with Crippen LogP contribution in [0.15, 0.2) is 24.4 Å². The second kappa shape index (κ2) is 7.38. The number of rotatable bonds is 4. The smallest absolute Gasteiger partial charge is 0.320 e. The molecule has 26 heavy (non-hydrogen) atoms. The zero-order chi connectivity index (χ0) is 18.8. The SMILES string of the molecule is Cn1ncc([N+](=O)[O-])c1C(=O)N1CCN(Cc2ccc(F)cc2Cl)CC1. The minimum atomic E-state index is -0.604. The van der Waals surface area contributed by atoms with Crippen molar-refractivity contribution < 1.29 is 14.1 Å². The molecule has 0 atom stereocenters. The predicted molar refractivity (Wildman–Crippen MR) is 92.5 cm³/mol. The van der Waals surface area contributed by atoms with Crippen LogP contribution in [0.5, 0.6) is 0 Å². The Bertz CT molecular complexity index is 848. The van der Waals surface area contributed by atoms with Crippen LogP contribution < -0.4 is 0 Å². The van der Waals surface area contributed by atoms with E-state index in [0.29, 0.717) is 37.7 Å². The van der Waals surface area contributed by atoms with E-state index >= 15 is 0 Å². The average molecular weight is 382 g/mol. The summed E-state index contributed by atoms with van der Waals surface area (Å²) in [6, 6.07) is 4.29. The number of aryl methyl sites for hydroxylation is 1. The maximum Gasteiger partial charge on any atom is 0.320 e. The van der Waals surface area contributed by atoms with Crippen molar-refractivity contribution in [2.45, 2.75) is 6.54 Å². The zero-order valence-corrected chi connectivity index (χ0v) is 14.8. The maximum absolute atomic E-state index is 13.1. The van der Waals surface area contributed by atoms with Crippen LogP contribution in [0, 0.1) is 15.9 Å². The third kappa shape index (κ3) is 3.68. The summed E-state index contributed by atoms with van der Waals surface area (Å²) < 4.78 is 14.4. The van der Waals surface area contributed by atoms with Gasteiger partial charge in [-0.25, -0.2) is 4.39 Å². The van der Waals surface area contributed by atoms with Crippen LogP contribution in [0.25, 0.3) is 0 Å². The maximum atomic E-state index is 13.1. The molecule has 1 aliphatic rings. The fraction of sp³-hybridized carbons (Fsp3) is 0.375. The van der Waals surface area contributed by atoms with Crippen LogP contribution in [0.3, 0.4) is 0 Å². The van der Waals surface area contributed by atoms with E-state index in [9.17, 15) is 19.3 Å². The fourth-order valence-electron chi connectivity index (χ4n) is 2.96. The molecule has 0 aliphatic carbocycles. The second-order valence-corrected chi connectivity index (χ2v) is 6.47. The molecule has 2 heterocycles. The highest BCUT2D eigenvalue weighted by Crippen LogP contribution is 2.22. The van der Waals surface area contributed by atoms with E-state index in [4.69, 9.17) is 11.6 Å². The Morgan fingerprint density at radius 3 is 2.65 bits per heavy atom. The summed E-state index contributed by atoms with van der Waals surface area (Å²) in [6.07, 6.45) is 1.08. The Kier molecular flexibility index (Phi) is 5.19. The van der Waals surface area contributed by atoms with Gasteiger partial charge in [0, 0.05) is 44.8 Å². The molecule has 0 N–H and O–H groups in total. The summed E-state index contributed by atoms with van der Waals surface area (Å²) in [7, 11) is 1.51. The van der Waals surface area contributed by atoms with Crippen molar-refractivity contribution in [3.8, 4) is 0 Å². The normalized spacial score (nSPS) is 15.3. The summed E-state index contributed by atoms with van der Waals surface area (Å²) in [5.74, 6) is -0.789. The highest BCUT2D eigenvalue weighted by molar-refractivity contribution is 6.31. The molecule has 1 aliphatic heterocycles. The Labute approximate surface area is 153 Å². The number of piperazine rings is 1. The third-order valence-electron chi connectivity index (χ3n) is 4.39. The highest BCUT2D eigenvalue weighted by atomic mass is 35.5. The van der Waals surface area contributed by atoms with Crippen LogP contribution in [0.2, 0.25) is 5.02 Å². The lowest BCUT2D eigenvalue weighted by atomic mass is 10.2. The number of hydrogen-bond donors (Lipinski definition) is 0. The second-order valence-electron chi connectivity index (χ2n) is 6.06. The lowest BCUT2D eigenvalue weighted by molar-refractivity contribution is -0.385. The summed E-state index contributed by atoms with van der Waals surface area (Å²) in [6.45, 7) is 2.59. The van der Waals surface area contributed by atoms with Crippen molar-refractivity contribution in [3.05, 3.63) is 56.6 Å². The first-order valence-electron chi connectivity index (χ1n) is 7.98. The van der Waals surface area contributed by atoms with E-state index in [-0.39, 0.29) is 17.2 Å². The number of benzene rings is 1. The van der Waals surface area contributed by atoms with E-state index < -0.39 is 10.8 Å². The summed E-state index contributed by atoms with van der Waals surface area (Å²) in [4.78, 5) is 26.8. The van der Waals surface area contributed by atoms with Gasteiger partial charge < -0.3 is 4.90 Å². The first kappa shape index (κ1) is 18.3. The van der Waals surface area contributed by atoms with Gasteiger partial charge in [0.1, 0.15) is 12.0 Å².